The Balaban J connectivity index is 1.50. The molecule has 1 atom stereocenters. The number of benzene rings is 1. The van der Waals surface area contributed by atoms with Gasteiger partial charge in [-0.3, -0.25) is 9.20 Å². The Morgan fingerprint density at radius 1 is 1.28 bits per heavy atom. The molecule has 150 valence electrons. The van der Waals surface area contributed by atoms with Gasteiger partial charge in [-0.2, -0.15) is 0 Å². The van der Waals surface area contributed by atoms with Crippen molar-refractivity contribution in [2.24, 2.45) is 0 Å². The van der Waals surface area contributed by atoms with Gasteiger partial charge in [-0.05, 0) is 38.1 Å². The Bertz CT molecular complexity index is 1190. The molecular weight excluding hydrogens is 474 g/mol. The van der Waals surface area contributed by atoms with Crippen LogP contribution >= 0.6 is 39.0 Å². The normalized spacial score (nSPS) is 12.4. The fourth-order valence-corrected chi connectivity index (χ4v) is 4.78. The second kappa shape index (κ2) is 8.68. The van der Waals surface area contributed by atoms with Crippen molar-refractivity contribution in [3.8, 4) is 5.75 Å². The molecule has 0 aliphatic heterocycles. The quantitative estimate of drug-likeness (QED) is 0.352. The highest BCUT2D eigenvalue weighted by atomic mass is 79.9. The van der Waals surface area contributed by atoms with E-state index in [2.05, 4.69) is 31.1 Å². The predicted molar refractivity (Wildman–Crippen MR) is 118 cm³/mol. The molecule has 4 rings (SSSR count). The monoisotopic (exact) mass is 491 g/mol. The van der Waals surface area contributed by atoms with E-state index < -0.39 is 0 Å². The Morgan fingerprint density at radius 2 is 2.07 bits per heavy atom. The molecule has 0 aliphatic carbocycles. The SMILES string of the molecule is CCn1c(SCc2cc(=O)n3ccsc3n2)nnc1C(C)Oc1ccc(Br)cc1. The zero-order valence-electron chi connectivity index (χ0n) is 15.8. The molecule has 0 N–H and O–H groups in total. The van der Waals surface area contributed by atoms with Crippen LogP contribution in [0.4, 0.5) is 0 Å². The molecule has 3 aromatic heterocycles. The number of nitrogens with zero attached hydrogens (tertiary/aromatic N) is 5. The van der Waals surface area contributed by atoms with Gasteiger partial charge >= 0.3 is 0 Å². The van der Waals surface area contributed by atoms with E-state index in [-0.39, 0.29) is 11.7 Å². The van der Waals surface area contributed by atoms with Gasteiger partial charge in [-0.25, -0.2) is 4.98 Å². The Morgan fingerprint density at radius 3 is 2.83 bits per heavy atom. The van der Waals surface area contributed by atoms with Gasteiger partial charge in [0.05, 0.1) is 5.69 Å². The number of hydrogen-bond donors (Lipinski definition) is 0. The molecule has 0 spiro atoms. The summed E-state index contributed by atoms with van der Waals surface area (Å²) in [4.78, 5) is 17.4. The molecule has 0 bridgehead atoms. The largest absolute Gasteiger partial charge is 0.483 e. The van der Waals surface area contributed by atoms with E-state index in [1.807, 2.05) is 48.1 Å². The number of thiazole rings is 1. The topological polar surface area (TPSA) is 74.3 Å². The zero-order valence-corrected chi connectivity index (χ0v) is 19.0. The number of halogens is 1. The van der Waals surface area contributed by atoms with Gasteiger partial charge in [0.1, 0.15) is 5.75 Å². The van der Waals surface area contributed by atoms with E-state index in [1.165, 1.54) is 23.1 Å². The van der Waals surface area contributed by atoms with Crippen LogP contribution in [0, 0.1) is 0 Å². The first-order valence-corrected chi connectivity index (χ1v) is 11.6. The van der Waals surface area contributed by atoms with Crippen molar-refractivity contribution >= 4 is 44.0 Å². The van der Waals surface area contributed by atoms with Gasteiger partial charge in [0.25, 0.3) is 5.56 Å². The first-order chi connectivity index (χ1) is 14.0. The highest BCUT2D eigenvalue weighted by molar-refractivity contribution is 9.10. The van der Waals surface area contributed by atoms with Gasteiger partial charge in [0.15, 0.2) is 22.0 Å². The Hall–Kier alpha value is -2.17. The lowest BCUT2D eigenvalue weighted by Crippen LogP contribution is -2.13. The van der Waals surface area contributed by atoms with Crippen LogP contribution in [-0.4, -0.2) is 24.1 Å². The second-order valence-corrected chi connectivity index (χ2v) is 8.96. The average molecular weight is 492 g/mol. The van der Waals surface area contributed by atoms with Crippen molar-refractivity contribution in [2.75, 3.05) is 0 Å². The minimum atomic E-state index is -0.247. The maximum absolute atomic E-state index is 12.2. The summed E-state index contributed by atoms with van der Waals surface area (Å²) in [6, 6.07) is 9.27. The summed E-state index contributed by atoms with van der Waals surface area (Å²) in [6.45, 7) is 4.73. The summed E-state index contributed by atoms with van der Waals surface area (Å²) < 4.78 is 10.6. The lowest BCUT2D eigenvalue weighted by Gasteiger charge is -2.15. The van der Waals surface area contributed by atoms with Crippen LogP contribution in [0.15, 0.2) is 56.3 Å². The number of hydrogen-bond acceptors (Lipinski definition) is 7. The van der Waals surface area contributed by atoms with Gasteiger partial charge in [-0.1, -0.05) is 27.7 Å². The van der Waals surface area contributed by atoms with Crippen LogP contribution in [0.25, 0.3) is 4.96 Å². The van der Waals surface area contributed by atoms with E-state index in [0.717, 1.165) is 33.4 Å². The van der Waals surface area contributed by atoms with E-state index in [4.69, 9.17) is 4.74 Å². The Kier molecular flexibility index (Phi) is 6.02. The third-order valence-corrected chi connectivity index (χ3v) is 6.54. The van der Waals surface area contributed by atoms with Crippen LogP contribution in [0.1, 0.15) is 31.5 Å². The molecule has 3 heterocycles. The minimum Gasteiger partial charge on any atom is -0.483 e. The summed E-state index contributed by atoms with van der Waals surface area (Å²) in [5.41, 5.74) is 0.662. The molecule has 0 radical (unpaired) electrons. The van der Waals surface area contributed by atoms with Crippen molar-refractivity contribution in [3.05, 3.63) is 68.3 Å². The predicted octanol–water partition coefficient (Wildman–Crippen LogP) is 4.56. The Labute approximate surface area is 183 Å². The van der Waals surface area contributed by atoms with Gasteiger partial charge in [0, 0.05) is 34.4 Å². The molecule has 29 heavy (non-hydrogen) atoms. The average Bonchev–Trinajstić information content (AvgIpc) is 3.34. The van der Waals surface area contributed by atoms with Crippen LogP contribution in [-0.2, 0) is 12.3 Å². The second-order valence-electron chi connectivity index (χ2n) is 6.23. The standard InChI is InChI=1S/C19H18BrN5O2S2/c1-3-24-17(12(2)27-15-6-4-13(20)5-7-15)22-23-19(24)29-11-14-10-16(26)25-8-9-28-18(25)21-14/h4-10,12H,3,11H2,1-2H3. The highest BCUT2D eigenvalue weighted by Crippen LogP contribution is 2.27. The van der Waals surface area contributed by atoms with Crippen LogP contribution in [0.3, 0.4) is 0 Å². The third-order valence-electron chi connectivity index (χ3n) is 4.26. The molecule has 1 aromatic carbocycles. The molecular formula is C19H18BrN5O2S2. The maximum atomic E-state index is 12.2. The first-order valence-electron chi connectivity index (χ1n) is 8.99. The lowest BCUT2D eigenvalue weighted by atomic mass is 10.3. The van der Waals surface area contributed by atoms with E-state index >= 15 is 0 Å². The summed E-state index contributed by atoms with van der Waals surface area (Å²) in [5.74, 6) is 2.08. The van der Waals surface area contributed by atoms with Crippen molar-refractivity contribution in [1.82, 2.24) is 24.1 Å². The number of fused-ring (bicyclic) bond motifs is 1. The maximum Gasteiger partial charge on any atom is 0.258 e. The molecule has 7 nitrogen and oxygen atoms in total. The molecule has 0 saturated carbocycles. The first kappa shape index (κ1) is 20.1. The van der Waals surface area contributed by atoms with Crippen molar-refractivity contribution in [1.29, 1.82) is 0 Å². The summed E-state index contributed by atoms with van der Waals surface area (Å²) in [5, 5.41) is 11.3. The van der Waals surface area contributed by atoms with Gasteiger partial charge in [-0.15, -0.1) is 21.5 Å². The lowest BCUT2D eigenvalue weighted by molar-refractivity contribution is 0.210. The van der Waals surface area contributed by atoms with Gasteiger partial charge in [0.2, 0.25) is 0 Å². The smallest absolute Gasteiger partial charge is 0.258 e. The van der Waals surface area contributed by atoms with E-state index in [0.29, 0.717) is 10.7 Å². The molecule has 0 saturated heterocycles. The highest BCUT2D eigenvalue weighted by Gasteiger charge is 2.19. The number of rotatable bonds is 7. The number of aromatic nitrogens is 5. The van der Waals surface area contributed by atoms with Crippen molar-refractivity contribution < 1.29 is 4.74 Å². The third kappa shape index (κ3) is 4.39. The molecule has 1 unspecified atom stereocenters. The fourth-order valence-electron chi connectivity index (χ4n) is 2.88. The zero-order chi connectivity index (χ0) is 20.4. The molecule has 0 amide bonds. The minimum absolute atomic E-state index is 0.0685. The fraction of sp³-hybridized carbons (Fsp3) is 0.263. The summed E-state index contributed by atoms with van der Waals surface area (Å²) >= 11 is 6.38. The van der Waals surface area contributed by atoms with Crippen LogP contribution in [0.5, 0.6) is 5.75 Å². The summed E-state index contributed by atoms with van der Waals surface area (Å²) in [6.07, 6.45) is 1.49. The number of thioether (sulfide) groups is 1. The van der Waals surface area contributed by atoms with Crippen molar-refractivity contribution in [3.63, 3.8) is 0 Å². The van der Waals surface area contributed by atoms with Crippen LogP contribution in [0.2, 0.25) is 0 Å². The molecule has 4 aromatic rings. The summed E-state index contributed by atoms with van der Waals surface area (Å²) in [7, 11) is 0. The number of ether oxygens (including phenoxy) is 1. The van der Waals surface area contributed by atoms with E-state index in [1.54, 1.807) is 16.7 Å². The molecule has 0 aliphatic rings. The molecule has 10 heteroatoms. The van der Waals surface area contributed by atoms with Crippen LogP contribution < -0.4 is 10.3 Å². The van der Waals surface area contributed by atoms with Crippen molar-refractivity contribution in [2.45, 2.75) is 37.4 Å². The molecule has 0 fully saturated rings. The van der Waals surface area contributed by atoms with Gasteiger partial charge < -0.3 is 9.30 Å². The van der Waals surface area contributed by atoms with E-state index in [9.17, 15) is 4.79 Å².